The van der Waals surface area contributed by atoms with Crippen molar-refractivity contribution in [3.8, 4) is 5.75 Å². The molecule has 2 rings (SSSR count). The molecule has 1 unspecified atom stereocenters. The Morgan fingerprint density at radius 2 is 1.91 bits per heavy atom. The van der Waals surface area contributed by atoms with E-state index in [4.69, 9.17) is 9.47 Å². The number of nitrogens with zero attached hydrogens (tertiary/aromatic N) is 1. The van der Waals surface area contributed by atoms with Crippen LogP contribution >= 0.6 is 0 Å². The van der Waals surface area contributed by atoms with Crippen LogP contribution in [0, 0.1) is 12.8 Å². The molecular formula is C17H23NO4. The van der Waals surface area contributed by atoms with Crippen molar-refractivity contribution in [3.05, 3.63) is 29.8 Å². The van der Waals surface area contributed by atoms with Crippen molar-refractivity contribution in [1.82, 2.24) is 4.90 Å². The number of carbonyl (C=O) groups excluding carboxylic acids is 2. The minimum Gasteiger partial charge on any atom is -0.484 e. The third kappa shape index (κ3) is 4.48. The lowest BCUT2D eigenvalue weighted by Crippen LogP contribution is -2.41. The first-order valence-corrected chi connectivity index (χ1v) is 7.58. The second-order valence-corrected chi connectivity index (χ2v) is 5.80. The van der Waals surface area contributed by atoms with E-state index in [0.29, 0.717) is 12.3 Å². The molecule has 120 valence electrons. The maximum absolute atomic E-state index is 12.4. The van der Waals surface area contributed by atoms with Gasteiger partial charge in [-0.1, -0.05) is 24.6 Å². The monoisotopic (exact) mass is 305 g/mol. The zero-order chi connectivity index (χ0) is 16.1. The number of esters is 1. The van der Waals surface area contributed by atoms with Gasteiger partial charge in [0.1, 0.15) is 5.75 Å². The van der Waals surface area contributed by atoms with Crippen LogP contribution in [0.1, 0.15) is 25.3 Å². The van der Waals surface area contributed by atoms with Gasteiger partial charge in [-0.25, -0.2) is 0 Å². The molecule has 5 heteroatoms. The highest BCUT2D eigenvalue weighted by Gasteiger charge is 2.34. The normalized spacial score (nSPS) is 15.0. The lowest BCUT2D eigenvalue weighted by molar-refractivity contribution is -0.146. The van der Waals surface area contributed by atoms with Crippen LogP contribution in [0.4, 0.5) is 0 Å². The molecule has 0 aromatic heterocycles. The Hall–Kier alpha value is -2.04. The van der Waals surface area contributed by atoms with E-state index in [0.717, 1.165) is 18.4 Å². The lowest BCUT2D eigenvalue weighted by atomic mass is 10.1. The van der Waals surface area contributed by atoms with Gasteiger partial charge in [-0.2, -0.15) is 0 Å². The van der Waals surface area contributed by atoms with Crippen LogP contribution in [0.5, 0.6) is 5.75 Å². The third-order valence-corrected chi connectivity index (χ3v) is 3.77. The molecule has 0 spiro atoms. The Labute approximate surface area is 131 Å². The summed E-state index contributed by atoms with van der Waals surface area (Å²) in [7, 11) is 1.36. The molecule has 1 atom stereocenters. The van der Waals surface area contributed by atoms with E-state index in [9.17, 15) is 9.59 Å². The second-order valence-electron chi connectivity index (χ2n) is 5.80. The molecule has 0 bridgehead atoms. The smallest absolute Gasteiger partial charge is 0.310 e. The Morgan fingerprint density at radius 3 is 2.45 bits per heavy atom. The van der Waals surface area contributed by atoms with Crippen molar-refractivity contribution in [3.63, 3.8) is 0 Å². The van der Waals surface area contributed by atoms with Gasteiger partial charge in [0, 0.05) is 12.6 Å². The van der Waals surface area contributed by atoms with Gasteiger partial charge in [0.2, 0.25) is 0 Å². The number of hydrogen-bond acceptors (Lipinski definition) is 4. The SMILES string of the molecule is COC(=O)C(C)CN(C(=O)COc1ccc(C)cc1)C1CC1. The van der Waals surface area contributed by atoms with Crippen molar-refractivity contribution in [2.75, 3.05) is 20.3 Å². The summed E-state index contributed by atoms with van der Waals surface area (Å²) in [6, 6.07) is 7.82. The van der Waals surface area contributed by atoms with Crippen LogP contribution in [0.2, 0.25) is 0 Å². The van der Waals surface area contributed by atoms with Crippen LogP contribution in [-0.4, -0.2) is 43.1 Å². The quantitative estimate of drug-likeness (QED) is 0.725. The predicted molar refractivity (Wildman–Crippen MR) is 82.6 cm³/mol. The molecule has 1 fully saturated rings. The number of methoxy groups -OCH3 is 1. The third-order valence-electron chi connectivity index (χ3n) is 3.77. The van der Waals surface area contributed by atoms with Gasteiger partial charge in [-0.3, -0.25) is 9.59 Å². The number of carbonyl (C=O) groups is 2. The van der Waals surface area contributed by atoms with Crippen molar-refractivity contribution in [2.45, 2.75) is 32.7 Å². The largest absolute Gasteiger partial charge is 0.484 e. The first kappa shape index (κ1) is 16.3. The fraction of sp³-hybridized carbons (Fsp3) is 0.529. The van der Waals surface area contributed by atoms with Gasteiger partial charge < -0.3 is 14.4 Å². The molecule has 1 aliphatic carbocycles. The van der Waals surface area contributed by atoms with Crippen molar-refractivity contribution < 1.29 is 19.1 Å². The van der Waals surface area contributed by atoms with Gasteiger partial charge in [-0.05, 0) is 31.9 Å². The number of ether oxygens (including phenoxy) is 2. The molecular weight excluding hydrogens is 282 g/mol. The fourth-order valence-electron chi connectivity index (χ4n) is 2.27. The lowest BCUT2D eigenvalue weighted by Gasteiger charge is -2.25. The maximum Gasteiger partial charge on any atom is 0.310 e. The molecule has 22 heavy (non-hydrogen) atoms. The van der Waals surface area contributed by atoms with Crippen molar-refractivity contribution in [2.24, 2.45) is 5.92 Å². The van der Waals surface area contributed by atoms with Crippen LogP contribution in [-0.2, 0) is 14.3 Å². The molecule has 1 amide bonds. The van der Waals surface area contributed by atoms with E-state index in [2.05, 4.69) is 0 Å². The predicted octanol–water partition coefficient (Wildman–Crippen LogP) is 2.17. The average Bonchev–Trinajstić information content (AvgIpc) is 3.35. The minimum absolute atomic E-state index is 0.00649. The first-order chi connectivity index (χ1) is 10.5. The number of benzene rings is 1. The highest BCUT2D eigenvalue weighted by Crippen LogP contribution is 2.28. The number of aryl methyl sites for hydroxylation is 1. The van der Waals surface area contributed by atoms with E-state index < -0.39 is 0 Å². The Morgan fingerprint density at radius 1 is 1.27 bits per heavy atom. The van der Waals surface area contributed by atoms with Crippen LogP contribution in [0.3, 0.4) is 0 Å². The molecule has 5 nitrogen and oxygen atoms in total. The summed E-state index contributed by atoms with van der Waals surface area (Å²) in [6.45, 7) is 4.15. The molecule has 1 aliphatic rings. The molecule has 0 radical (unpaired) electrons. The number of hydrogen-bond donors (Lipinski definition) is 0. The maximum atomic E-state index is 12.4. The van der Waals surface area contributed by atoms with E-state index >= 15 is 0 Å². The Balaban J connectivity index is 1.89. The Bertz CT molecular complexity index is 522. The topological polar surface area (TPSA) is 55.8 Å². The minimum atomic E-state index is -0.325. The summed E-state index contributed by atoms with van der Waals surface area (Å²) in [6.07, 6.45) is 1.98. The highest BCUT2D eigenvalue weighted by molar-refractivity contribution is 5.79. The highest BCUT2D eigenvalue weighted by atomic mass is 16.5. The van der Waals surface area contributed by atoms with Crippen LogP contribution in [0.15, 0.2) is 24.3 Å². The van der Waals surface area contributed by atoms with Gasteiger partial charge in [0.05, 0.1) is 13.0 Å². The standard InChI is InChI=1S/C17H23NO4/c1-12-4-8-15(9-5-12)22-11-16(19)18(14-6-7-14)10-13(2)17(20)21-3/h4-5,8-9,13-14H,6-7,10-11H2,1-3H3. The summed E-state index contributed by atoms with van der Waals surface area (Å²) in [5, 5.41) is 0. The summed E-state index contributed by atoms with van der Waals surface area (Å²) in [4.78, 5) is 25.6. The van der Waals surface area contributed by atoms with E-state index in [1.807, 2.05) is 31.2 Å². The van der Waals surface area contributed by atoms with Gasteiger partial charge in [0.25, 0.3) is 5.91 Å². The van der Waals surface area contributed by atoms with E-state index in [-0.39, 0.29) is 30.4 Å². The molecule has 1 saturated carbocycles. The van der Waals surface area contributed by atoms with Crippen LogP contribution < -0.4 is 4.74 Å². The fourth-order valence-corrected chi connectivity index (χ4v) is 2.27. The first-order valence-electron chi connectivity index (χ1n) is 7.58. The molecule has 1 aromatic rings. The van der Waals surface area contributed by atoms with Crippen molar-refractivity contribution >= 4 is 11.9 Å². The summed E-state index contributed by atoms with van der Waals surface area (Å²) >= 11 is 0. The zero-order valence-electron chi connectivity index (χ0n) is 13.4. The average molecular weight is 305 g/mol. The van der Waals surface area contributed by atoms with Gasteiger partial charge in [-0.15, -0.1) is 0 Å². The number of rotatable bonds is 7. The molecule has 0 heterocycles. The van der Waals surface area contributed by atoms with E-state index in [1.165, 1.54) is 7.11 Å². The molecule has 0 N–H and O–H groups in total. The van der Waals surface area contributed by atoms with Gasteiger partial charge >= 0.3 is 5.97 Å². The Kier molecular flexibility index (Phi) is 5.41. The summed E-state index contributed by atoms with van der Waals surface area (Å²) < 4.78 is 10.3. The van der Waals surface area contributed by atoms with Crippen LogP contribution in [0.25, 0.3) is 0 Å². The second kappa shape index (κ2) is 7.29. The molecule has 0 aliphatic heterocycles. The molecule has 0 saturated heterocycles. The van der Waals surface area contributed by atoms with Gasteiger partial charge in [0.15, 0.2) is 6.61 Å². The number of amides is 1. The van der Waals surface area contributed by atoms with E-state index in [1.54, 1.807) is 11.8 Å². The molecule has 1 aromatic carbocycles. The zero-order valence-corrected chi connectivity index (χ0v) is 13.4. The van der Waals surface area contributed by atoms with Crippen molar-refractivity contribution in [1.29, 1.82) is 0 Å². The summed E-state index contributed by atoms with van der Waals surface area (Å²) in [5.41, 5.74) is 1.14. The summed E-state index contributed by atoms with van der Waals surface area (Å²) in [5.74, 6) is -0.0265.